The van der Waals surface area contributed by atoms with E-state index < -0.39 is 0 Å². The first-order valence-corrected chi connectivity index (χ1v) is 4.86. The smallest absolute Gasteiger partial charge is 0.254 e. The van der Waals surface area contributed by atoms with E-state index >= 15 is 0 Å². The maximum atomic E-state index is 11.6. The molecule has 1 heterocycles. The van der Waals surface area contributed by atoms with Crippen LogP contribution < -0.4 is 11.3 Å². The quantitative estimate of drug-likeness (QED) is 0.745. The van der Waals surface area contributed by atoms with Gasteiger partial charge in [0.2, 0.25) is 0 Å². The summed E-state index contributed by atoms with van der Waals surface area (Å²) in [6.45, 7) is 6.34. The van der Waals surface area contributed by atoms with E-state index in [2.05, 4.69) is 9.97 Å². The van der Waals surface area contributed by atoms with Gasteiger partial charge in [-0.25, -0.2) is 4.98 Å². The molecule has 4 heteroatoms. The molecular formula is C10H17N3O. The van der Waals surface area contributed by atoms with Gasteiger partial charge in [0.15, 0.2) is 0 Å². The number of aryl methyl sites for hydroxylation is 1. The Kier molecular flexibility index (Phi) is 3.41. The molecule has 78 valence electrons. The van der Waals surface area contributed by atoms with Gasteiger partial charge in [-0.1, -0.05) is 13.8 Å². The summed E-state index contributed by atoms with van der Waals surface area (Å²) in [7, 11) is 0. The van der Waals surface area contributed by atoms with Crippen molar-refractivity contribution in [2.75, 3.05) is 6.54 Å². The van der Waals surface area contributed by atoms with Crippen LogP contribution in [0, 0.1) is 6.92 Å². The van der Waals surface area contributed by atoms with E-state index in [-0.39, 0.29) is 11.5 Å². The molecule has 3 N–H and O–H groups in total. The summed E-state index contributed by atoms with van der Waals surface area (Å²) in [5.74, 6) is 0.887. The van der Waals surface area contributed by atoms with Crippen LogP contribution in [0.3, 0.4) is 0 Å². The molecule has 0 aromatic carbocycles. The summed E-state index contributed by atoms with van der Waals surface area (Å²) in [6.07, 6.45) is 0.619. The lowest BCUT2D eigenvalue weighted by Gasteiger charge is -2.08. The first-order chi connectivity index (χ1) is 6.56. The fourth-order valence-corrected chi connectivity index (χ4v) is 1.59. The standard InChI is InChI=1S/C10H17N3O/c1-6(2)9-7(3)12-8(4-5-11)13-10(9)14/h6H,4-5,11H2,1-3H3,(H,12,13,14). The Morgan fingerprint density at radius 1 is 1.50 bits per heavy atom. The van der Waals surface area contributed by atoms with Crippen LogP contribution in [0.2, 0.25) is 0 Å². The van der Waals surface area contributed by atoms with Gasteiger partial charge in [0.25, 0.3) is 5.56 Å². The molecule has 0 atom stereocenters. The number of nitrogens with zero attached hydrogens (tertiary/aromatic N) is 1. The summed E-state index contributed by atoms with van der Waals surface area (Å²) < 4.78 is 0. The number of nitrogens with one attached hydrogen (secondary N) is 1. The highest BCUT2D eigenvalue weighted by Crippen LogP contribution is 2.11. The normalized spacial score (nSPS) is 10.9. The van der Waals surface area contributed by atoms with Crippen molar-refractivity contribution in [1.82, 2.24) is 9.97 Å². The van der Waals surface area contributed by atoms with Crippen molar-refractivity contribution in [1.29, 1.82) is 0 Å². The van der Waals surface area contributed by atoms with E-state index in [1.54, 1.807) is 0 Å². The topological polar surface area (TPSA) is 71.8 Å². The van der Waals surface area contributed by atoms with Crippen LogP contribution in [-0.2, 0) is 6.42 Å². The predicted molar refractivity (Wildman–Crippen MR) is 56.4 cm³/mol. The Labute approximate surface area is 83.6 Å². The molecule has 1 rings (SSSR count). The fourth-order valence-electron chi connectivity index (χ4n) is 1.59. The summed E-state index contributed by atoms with van der Waals surface area (Å²) in [5, 5.41) is 0. The van der Waals surface area contributed by atoms with Gasteiger partial charge in [-0.2, -0.15) is 0 Å². The van der Waals surface area contributed by atoms with E-state index in [0.717, 1.165) is 11.3 Å². The summed E-state index contributed by atoms with van der Waals surface area (Å²) in [4.78, 5) is 18.7. The van der Waals surface area contributed by atoms with Crippen molar-refractivity contribution < 1.29 is 0 Å². The van der Waals surface area contributed by atoms with Crippen LogP contribution >= 0.6 is 0 Å². The zero-order valence-corrected chi connectivity index (χ0v) is 8.92. The Morgan fingerprint density at radius 2 is 2.14 bits per heavy atom. The highest BCUT2D eigenvalue weighted by Gasteiger charge is 2.10. The maximum Gasteiger partial charge on any atom is 0.254 e. The van der Waals surface area contributed by atoms with Crippen LogP contribution in [0.1, 0.15) is 36.8 Å². The van der Waals surface area contributed by atoms with Crippen molar-refractivity contribution in [3.05, 3.63) is 27.4 Å². The van der Waals surface area contributed by atoms with Crippen molar-refractivity contribution in [2.24, 2.45) is 5.73 Å². The van der Waals surface area contributed by atoms with Gasteiger partial charge in [0.1, 0.15) is 5.82 Å². The molecule has 0 spiro atoms. The van der Waals surface area contributed by atoms with E-state index in [4.69, 9.17) is 5.73 Å². The molecule has 0 aliphatic heterocycles. The third kappa shape index (κ3) is 2.20. The molecule has 0 fully saturated rings. The van der Waals surface area contributed by atoms with Crippen molar-refractivity contribution >= 4 is 0 Å². The van der Waals surface area contributed by atoms with Crippen molar-refractivity contribution in [3.8, 4) is 0 Å². The molecular weight excluding hydrogens is 178 g/mol. The number of hydrogen-bond donors (Lipinski definition) is 2. The average Bonchev–Trinajstić information content (AvgIpc) is 2.01. The fraction of sp³-hybridized carbons (Fsp3) is 0.600. The van der Waals surface area contributed by atoms with Crippen LogP contribution in [0.5, 0.6) is 0 Å². The number of nitrogens with two attached hydrogens (primary N) is 1. The lowest BCUT2D eigenvalue weighted by atomic mass is 10.0. The molecule has 0 unspecified atom stereocenters. The number of aromatic amines is 1. The predicted octanol–water partition coefficient (Wildman–Crippen LogP) is 0.703. The summed E-state index contributed by atoms with van der Waals surface area (Å²) >= 11 is 0. The molecule has 0 aliphatic carbocycles. The largest absolute Gasteiger partial charge is 0.330 e. The molecule has 14 heavy (non-hydrogen) atoms. The Morgan fingerprint density at radius 3 is 2.57 bits per heavy atom. The van der Waals surface area contributed by atoms with Gasteiger partial charge < -0.3 is 10.7 Å². The SMILES string of the molecule is Cc1nc(CCN)[nH]c(=O)c1C(C)C. The first kappa shape index (κ1) is 10.9. The van der Waals surface area contributed by atoms with Crippen molar-refractivity contribution in [2.45, 2.75) is 33.1 Å². The second kappa shape index (κ2) is 4.37. The van der Waals surface area contributed by atoms with Gasteiger partial charge in [0.05, 0.1) is 0 Å². The lowest BCUT2D eigenvalue weighted by Crippen LogP contribution is -2.21. The first-order valence-electron chi connectivity index (χ1n) is 4.86. The Bertz CT molecular complexity index is 368. The summed E-state index contributed by atoms with van der Waals surface area (Å²) in [6, 6.07) is 0. The van der Waals surface area contributed by atoms with Crippen molar-refractivity contribution in [3.63, 3.8) is 0 Å². The van der Waals surface area contributed by atoms with Gasteiger partial charge >= 0.3 is 0 Å². The van der Waals surface area contributed by atoms with Gasteiger partial charge in [-0.05, 0) is 19.4 Å². The van der Waals surface area contributed by atoms with Crippen LogP contribution in [0.25, 0.3) is 0 Å². The van der Waals surface area contributed by atoms with Gasteiger partial charge in [0, 0.05) is 17.7 Å². The number of H-pyrrole nitrogens is 1. The zero-order valence-electron chi connectivity index (χ0n) is 8.92. The van der Waals surface area contributed by atoms with E-state index in [1.165, 1.54) is 0 Å². The molecule has 1 aromatic rings. The highest BCUT2D eigenvalue weighted by atomic mass is 16.1. The molecule has 0 saturated heterocycles. The third-order valence-corrected chi connectivity index (χ3v) is 2.15. The van der Waals surface area contributed by atoms with Crippen LogP contribution in [0.4, 0.5) is 0 Å². The molecule has 1 aromatic heterocycles. The third-order valence-electron chi connectivity index (χ3n) is 2.15. The molecule has 0 saturated carbocycles. The zero-order chi connectivity index (χ0) is 10.7. The summed E-state index contributed by atoms with van der Waals surface area (Å²) in [5.41, 5.74) is 6.95. The molecule has 0 aliphatic rings. The Hall–Kier alpha value is -1.16. The molecule has 0 amide bonds. The molecule has 0 radical (unpaired) electrons. The minimum atomic E-state index is -0.0315. The second-order valence-electron chi connectivity index (χ2n) is 3.71. The highest BCUT2D eigenvalue weighted by molar-refractivity contribution is 5.20. The maximum absolute atomic E-state index is 11.6. The average molecular weight is 195 g/mol. The minimum absolute atomic E-state index is 0.0315. The minimum Gasteiger partial charge on any atom is -0.330 e. The van der Waals surface area contributed by atoms with Gasteiger partial charge in [-0.15, -0.1) is 0 Å². The van der Waals surface area contributed by atoms with E-state index in [1.807, 2.05) is 20.8 Å². The van der Waals surface area contributed by atoms with Crippen LogP contribution in [0.15, 0.2) is 4.79 Å². The Balaban J connectivity index is 3.19. The number of aromatic nitrogens is 2. The monoisotopic (exact) mass is 195 g/mol. The molecule has 0 bridgehead atoms. The van der Waals surface area contributed by atoms with Crippen LogP contribution in [-0.4, -0.2) is 16.5 Å². The van der Waals surface area contributed by atoms with E-state index in [0.29, 0.717) is 18.8 Å². The van der Waals surface area contributed by atoms with E-state index in [9.17, 15) is 4.79 Å². The number of rotatable bonds is 3. The lowest BCUT2D eigenvalue weighted by molar-refractivity contribution is 0.774. The van der Waals surface area contributed by atoms with Gasteiger partial charge in [-0.3, -0.25) is 4.79 Å². The number of hydrogen-bond acceptors (Lipinski definition) is 3. The second-order valence-corrected chi connectivity index (χ2v) is 3.71. The molecule has 4 nitrogen and oxygen atoms in total.